The first-order chi connectivity index (χ1) is 20.6. The average molecular weight is 605 g/mol. The molecule has 0 radical (unpaired) electrons. The van der Waals surface area contributed by atoms with Crippen LogP contribution in [0, 0.1) is 53.7 Å². The lowest BCUT2D eigenvalue weighted by atomic mass is 9.69. The van der Waals surface area contributed by atoms with Crippen LogP contribution in [-0.2, 0) is 4.74 Å². The summed E-state index contributed by atoms with van der Waals surface area (Å²) in [4.78, 5) is 12.7. The van der Waals surface area contributed by atoms with Crippen molar-refractivity contribution in [2.75, 3.05) is 6.61 Å². The first-order valence-corrected chi connectivity index (χ1v) is 14.8. The molecule has 230 valence electrons. The van der Waals surface area contributed by atoms with Gasteiger partial charge in [-0.2, -0.15) is 4.39 Å². The molecule has 2 fully saturated rings. The van der Waals surface area contributed by atoms with Gasteiger partial charge in [0.25, 0.3) is 0 Å². The molecule has 0 atom stereocenters. The maximum Gasteiger partial charge on any atom is 0.341 e. The van der Waals surface area contributed by atoms with Gasteiger partial charge in [-0.15, -0.1) is 0 Å². The van der Waals surface area contributed by atoms with Gasteiger partial charge < -0.3 is 9.47 Å². The van der Waals surface area contributed by atoms with Crippen LogP contribution in [0.25, 0.3) is 11.1 Å². The van der Waals surface area contributed by atoms with E-state index in [1.807, 2.05) is 0 Å². The van der Waals surface area contributed by atoms with Crippen LogP contribution in [0.5, 0.6) is 5.75 Å². The Labute approximate surface area is 247 Å². The average Bonchev–Trinajstić information content (AvgIpc) is 3.01. The highest BCUT2D eigenvalue weighted by molar-refractivity contribution is 5.90. The Morgan fingerprint density at radius 1 is 0.674 bits per heavy atom. The van der Waals surface area contributed by atoms with E-state index in [9.17, 15) is 31.1 Å². The number of ether oxygens (including phenoxy) is 2. The SMILES string of the molecule is CCOc1ccc(C2CCC(C3CCC(OC(=O)c4ccc(-c5ccc(C)c(F)c5F)c(F)c4F)CC3)CC2)c(F)c1F. The van der Waals surface area contributed by atoms with Crippen LogP contribution in [0.3, 0.4) is 0 Å². The molecule has 9 heteroatoms. The molecule has 0 aliphatic heterocycles. The zero-order chi connectivity index (χ0) is 30.8. The smallest absolute Gasteiger partial charge is 0.341 e. The van der Waals surface area contributed by atoms with Gasteiger partial charge in [-0.05, 0) is 106 Å². The summed E-state index contributed by atoms with van der Waals surface area (Å²) in [5.74, 6) is -7.46. The quantitative estimate of drug-likeness (QED) is 0.199. The van der Waals surface area contributed by atoms with Gasteiger partial charge in [0.05, 0.1) is 12.2 Å². The van der Waals surface area contributed by atoms with E-state index >= 15 is 0 Å². The molecule has 2 aliphatic carbocycles. The summed E-state index contributed by atoms with van der Waals surface area (Å²) in [5.41, 5.74) is -1.11. The van der Waals surface area contributed by atoms with Crippen LogP contribution >= 0.6 is 0 Å². The molecular weight excluding hydrogens is 570 g/mol. The number of rotatable bonds is 7. The largest absolute Gasteiger partial charge is 0.491 e. The van der Waals surface area contributed by atoms with Crippen molar-refractivity contribution in [3.8, 4) is 16.9 Å². The molecule has 3 nitrogen and oxygen atoms in total. The summed E-state index contributed by atoms with van der Waals surface area (Å²) in [6.07, 6.45) is 5.57. The second-order valence-corrected chi connectivity index (χ2v) is 11.6. The second kappa shape index (κ2) is 13.0. The molecule has 0 N–H and O–H groups in total. The molecule has 0 spiro atoms. The number of hydrogen-bond acceptors (Lipinski definition) is 3. The van der Waals surface area contributed by atoms with E-state index in [1.54, 1.807) is 13.0 Å². The third-order valence-corrected chi connectivity index (χ3v) is 9.12. The third kappa shape index (κ3) is 6.27. The lowest BCUT2D eigenvalue weighted by Gasteiger charge is -2.37. The lowest BCUT2D eigenvalue weighted by molar-refractivity contribution is 0.0109. The molecule has 3 aromatic carbocycles. The van der Waals surface area contributed by atoms with E-state index < -0.39 is 63.7 Å². The molecule has 43 heavy (non-hydrogen) atoms. The molecule has 0 bridgehead atoms. The van der Waals surface area contributed by atoms with Gasteiger partial charge in [0.2, 0.25) is 5.82 Å². The first-order valence-electron chi connectivity index (χ1n) is 14.8. The molecular formula is C34H34F6O3. The number of carbonyl (C=O) groups excluding carboxylic acids is 1. The number of carbonyl (C=O) groups is 1. The Kier molecular flexibility index (Phi) is 9.37. The van der Waals surface area contributed by atoms with Gasteiger partial charge in [-0.25, -0.2) is 26.7 Å². The molecule has 5 rings (SSSR count). The maximum atomic E-state index is 14.9. The summed E-state index contributed by atoms with van der Waals surface area (Å²) >= 11 is 0. The first kappa shape index (κ1) is 31.0. The van der Waals surface area contributed by atoms with Gasteiger partial charge >= 0.3 is 5.97 Å². The van der Waals surface area contributed by atoms with Crippen molar-refractivity contribution in [2.24, 2.45) is 11.8 Å². The van der Waals surface area contributed by atoms with E-state index in [0.29, 0.717) is 30.2 Å². The normalized spacial score (nSPS) is 22.3. The molecule has 2 aliphatic rings. The predicted octanol–water partition coefficient (Wildman–Crippen LogP) is 9.58. The van der Waals surface area contributed by atoms with Crippen LogP contribution in [0.2, 0.25) is 0 Å². The number of benzene rings is 3. The molecule has 3 aromatic rings. The van der Waals surface area contributed by atoms with Crippen molar-refractivity contribution >= 4 is 5.97 Å². The van der Waals surface area contributed by atoms with Gasteiger partial charge in [0.1, 0.15) is 6.10 Å². The minimum absolute atomic E-state index is 0.0285. The Morgan fingerprint density at radius 2 is 1.26 bits per heavy atom. The topological polar surface area (TPSA) is 35.5 Å². The van der Waals surface area contributed by atoms with E-state index in [2.05, 4.69) is 0 Å². The fourth-order valence-electron chi connectivity index (χ4n) is 6.69. The van der Waals surface area contributed by atoms with E-state index in [0.717, 1.165) is 56.7 Å². The van der Waals surface area contributed by atoms with E-state index in [-0.39, 0.29) is 23.8 Å². The molecule has 0 aromatic heterocycles. The lowest BCUT2D eigenvalue weighted by Crippen LogP contribution is -2.30. The van der Waals surface area contributed by atoms with Crippen molar-refractivity contribution in [2.45, 2.75) is 77.2 Å². The molecule has 2 saturated carbocycles. The highest BCUT2D eigenvalue weighted by Crippen LogP contribution is 2.44. The number of esters is 1. The number of halogens is 6. The Balaban J connectivity index is 1.15. The molecule has 0 saturated heterocycles. The van der Waals surface area contributed by atoms with Gasteiger partial charge in [-0.3, -0.25) is 0 Å². The van der Waals surface area contributed by atoms with E-state index in [4.69, 9.17) is 9.47 Å². The van der Waals surface area contributed by atoms with Crippen molar-refractivity contribution in [3.63, 3.8) is 0 Å². The maximum absolute atomic E-state index is 14.9. The fourth-order valence-corrected chi connectivity index (χ4v) is 6.69. The van der Waals surface area contributed by atoms with Crippen LogP contribution < -0.4 is 4.74 Å². The van der Waals surface area contributed by atoms with E-state index in [1.165, 1.54) is 19.1 Å². The summed E-state index contributed by atoms with van der Waals surface area (Å²) in [6, 6.07) is 7.60. The van der Waals surface area contributed by atoms with Crippen LogP contribution in [-0.4, -0.2) is 18.7 Å². The minimum atomic E-state index is -1.47. The second-order valence-electron chi connectivity index (χ2n) is 11.6. The van der Waals surface area contributed by atoms with Crippen molar-refractivity contribution in [3.05, 3.63) is 88.0 Å². The predicted molar refractivity (Wildman–Crippen MR) is 150 cm³/mol. The number of hydrogen-bond donors (Lipinski definition) is 0. The van der Waals surface area contributed by atoms with Crippen LogP contribution in [0.15, 0.2) is 36.4 Å². The van der Waals surface area contributed by atoms with Crippen LogP contribution in [0.4, 0.5) is 26.3 Å². The highest BCUT2D eigenvalue weighted by Gasteiger charge is 2.34. The molecule has 0 heterocycles. The Morgan fingerprint density at radius 3 is 1.88 bits per heavy atom. The highest BCUT2D eigenvalue weighted by atomic mass is 19.2. The van der Waals surface area contributed by atoms with Gasteiger partial charge in [0, 0.05) is 11.1 Å². The van der Waals surface area contributed by atoms with Crippen molar-refractivity contribution in [1.82, 2.24) is 0 Å². The summed E-state index contributed by atoms with van der Waals surface area (Å²) in [5, 5.41) is 0. The van der Waals surface area contributed by atoms with Crippen LogP contribution in [0.1, 0.15) is 85.7 Å². The zero-order valence-electron chi connectivity index (χ0n) is 24.1. The monoisotopic (exact) mass is 604 g/mol. The summed E-state index contributed by atoms with van der Waals surface area (Å²) in [6.45, 7) is 3.32. The minimum Gasteiger partial charge on any atom is -0.491 e. The molecule has 0 unspecified atom stereocenters. The zero-order valence-corrected chi connectivity index (χ0v) is 24.1. The van der Waals surface area contributed by atoms with Gasteiger partial charge in [0.15, 0.2) is 34.8 Å². The Bertz CT molecular complexity index is 1490. The summed E-state index contributed by atoms with van der Waals surface area (Å²) < 4.78 is 97.8. The molecule has 0 amide bonds. The third-order valence-electron chi connectivity index (χ3n) is 9.12. The fraction of sp³-hybridized carbons (Fsp3) is 0.441. The van der Waals surface area contributed by atoms with Crippen molar-refractivity contribution < 1.29 is 40.6 Å². The van der Waals surface area contributed by atoms with Gasteiger partial charge in [-0.1, -0.05) is 24.3 Å². The number of aryl methyl sites for hydroxylation is 1. The summed E-state index contributed by atoms with van der Waals surface area (Å²) in [7, 11) is 0. The Hall–Kier alpha value is -3.49. The standard InChI is InChI=1S/C34H34F6O3/c1-3-42-27-17-16-23(29(36)33(27)40)21-7-5-19(6-8-21)20-9-11-22(12-10-20)43-34(41)26-15-14-25(31(38)32(26)39)24-13-4-18(2)28(35)30(24)37/h4,13-17,19-22H,3,5-12H2,1-2H3. The van der Waals surface area contributed by atoms with Crippen molar-refractivity contribution in [1.29, 1.82) is 0 Å².